The average molecular weight is 381 g/mol. The quantitative estimate of drug-likeness (QED) is 0.624. The third-order valence-electron chi connectivity index (χ3n) is 5.20. The molecular weight excluding hydrogens is 358 g/mol. The van der Waals surface area contributed by atoms with Crippen LogP contribution in [0.1, 0.15) is 48.5 Å². The fraction of sp³-hybridized carbons (Fsp3) is 0.368. The first-order chi connectivity index (χ1) is 13.6. The number of aromatic nitrogens is 4. The van der Waals surface area contributed by atoms with Crippen molar-refractivity contribution in [2.24, 2.45) is 5.73 Å². The number of pyridine rings is 1. The minimum atomic E-state index is -0.610. The summed E-state index contributed by atoms with van der Waals surface area (Å²) in [6.07, 6.45) is 8.80. The number of amides is 1. The molecule has 28 heavy (non-hydrogen) atoms. The van der Waals surface area contributed by atoms with E-state index in [4.69, 9.17) is 5.73 Å². The van der Waals surface area contributed by atoms with Gasteiger partial charge in [-0.25, -0.2) is 4.98 Å². The van der Waals surface area contributed by atoms with Gasteiger partial charge in [-0.15, -0.1) is 0 Å². The van der Waals surface area contributed by atoms with E-state index in [1.165, 1.54) is 17.1 Å². The van der Waals surface area contributed by atoms with Crippen LogP contribution in [0.2, 0.25) is 0 Å². The number of nitrogens with one attached hydrogen (secondary N) is 2. The van der Waals surface area contributed by atoms with E-state index in [2.05, 4.69) is 20.7 Å². The van der Waals surface area contributed by atoms with E-state index in [9.17, 15) is 9.59 Å². The van der Waals surface area contributed by atoms with Crippen molar-refractivity contribution in [3.8, 4) is 0 Å². The Labute approximate surface area is 161 Å². The van der Waals surface area contributed by atoms with E-state index >= 15 is 0 Å². The zero-order chi connectivity index (χ0) is 19.7. The highest BCUT2D eigenvalue weighted by atomic mass is 16.1. The monoisotopic (exact) mass is 381 g/mol. The van der Waals surface area contributed by atoms with Gasteiger partial charge in [0.2, 0.25) is 0 Å². The van der Waals surface area contributed by atoms with Gasteiger partial charge in [0.25, 0.3) is 11.5 Å². The molecular formula is C19H23N7O2. The van der Waals surface area contributed by atoms with Gasteiger partial charge in [0.05, 0.1) is 6.20 Å². The minimum absolute atomic E-state index is 0.0780. The van der Waals surface area contributed by atoms with E-state index in [-0.39, 0.29) is 17.2 Å². The maximum absolute atomic E-state index is 13.0. The molecule has 0 atom stereocenters. The summed E-state index contributed by atoms with van der Waals surface area (Å²) in [4.78, 5) is 29.1. The number of hydrogen-bond donors (Lipinski definition) is 3. The van der Waals surface area contributed by atoms with Crippen molar-refractivity contribution in [2.45, 2.75) is 38.1 Å². The van der Waals surface area contributed by atoms with Crippen LogP contribution in [0.15, 0.2) is 35.4 Å². The number of fused-ring (bicyclic) bond motifs is 1. The molecule has 3 aromatic rings. The Morgan fingerprint density at radius 1 is 1.29 bits per heavy atom. The summed E-state index contributed by atoms with van der Waals surface area (Å²) >= 11 is 0. The van der Waals surface area contributed by atoms with Crippen molar-refractivity contribution < 1.29 is 4.79 Å². The zero-order valence-corrected chi connectivity index (χ0v) is 15.7. The molecule has 0 bridgehead atoms. The third-order valence-corrected chi connectivity index (χ3v) is 5.20. The molecule has 4 N–H and O–H groups in total. The molecule has 3 aromatic heterocycles. The summed E-state index contributed by atoms with van der Waals surface area (Å²) < 4.78 is 3.31. The Kier molecular flexibility index (Phi) is 4.72. The number of hydrogen-bond acceptors (Lipinski definition) is 6. The van der Waals surface area contributed by atoms with Crippen LogP contribution >= 0.6 is 0 Å². The van der Waals surface area contributed by atoms with E-state index in [1.807, 2.05) is 16.8 Å². The molecule has 1 fully saturated rings. The lowest BCUT2D eigenvalue weighted by Gasteiger charge is -2.24. The summed E-state index contributed by atoms with van der Waals surface area (Å²) in [5.74, 6) is 0.433. The van der Waals surface area contributed by atoms with Crippen molar-refractivity contribution in [3.05, 3.63) is 46.5 Å². The maximum Gasteiger partial charge on any atom is 0.274 e. The number of rotatable bonds is 5. The Morgan fingerprint density at radius 3 is 2.79 bits per heavy atom. The lowest BCUT2D eigenvalue weighted by molar-refractivity contribution is 0.100. The van der Waals surface area contributed by atoms with Crippen LogP contribution in [-0.4, -0.2) is 32.1 Å². The highest BCUT2D eigenvalue weighted by molar-refractivity contribution is 5.98. The summed E-state index contributed by atoms with van der Waals surface area (Å²) in [6.45, 7) is 0. The van der Waals surface area contributed by atoms with Gasteiger partial charge in [0, 0.05) is 25.4 Å². The van der Waals surface area contributed by atoms with Gasteiger partial charge in [0.1, 0.15) is 22.9 Å². The number of primary amides is 1. The number of anilines is 3. The summed E-state index contributed by atoms with van der Waals surface area (Å²) in [5, 5.41) is 10.3. The molecule has 0 aliphatic heterocycles. The molecule has 1 aliphatic carbocycles. The van der Waals surface area contributed by atoms with Gasteiger partial charge in [-0.05, 0) is 25.0 Å². The fourth-order valence-electron chi connectivity index (χ4n) is 3.77. The van der Waals surface area contributed by atoms with Crippen molar-refractivity contribution in [1.82, 2.24) is 19.2 Å². The van der Waals surface area contributed by atoms with Crippen molar-refractivity contribution >= 4 is 28.9 Å². The van der Waals surface area contributed by atoms with Crippen molar-refractivity contribution in [2.75, 3.05) is 17.7 Å². The lowest BCUT2D eigenvalue weighted by Crippen LogP contribution is -2.27. The second kappa shape index (κ2) is 7.34. The van der Waals surface area contributed by atoms with Gasteiger partial charge in [0.15, 0.2) is 5.65 Å². The first-order valence-electron chi connectivity index (χ1n) is 9.43. The van der Waals surface area contributed by atoms with Gasteiger partial charge < -0.3 is 20.9 Å². The van der Waals surface area contributed by atoms with Crippen LogP contribution < -0.4 is 21.9 Å². The molecule has 0 aromatic carbocycles. The molecule has 0 saturated heterocycles. The molecule has 0 unspecified atom stereocenters. The molecule has 9 nitrogen and oxygen atoms in total. The average Bonchev–Trinajstić information content (AvgIpc) is 3.14. The molecule has 4 rings (SSSR count). The summed E-state index contributed by atoms with van der Waals surface area (Å²) in [7, 11) is 1.74. The molecule has 0 radical (unpaired) electrons. The van der Waals surface area contributed by atoms with E-state index in [1.54, 1.807) is 19.2 Å². The number of nitrogens with zero attached hydrogens (tertiary/aromatic N) is 4. The van der Waals surface area contributed by atoms with Gasteiger partial charge in [-0.3, -0.25) is 9.59 Å². The SMILES string of the molecule is CNc1cc(Nc2cccn(C3CCCCC3)c2=O)nc2c(C(N)=O)cnn12. The van der Waals surface area contributed by atoms with E-state index < -0.39 is 5.91 Å². The summed E-state index contributed by atoms with van der Waals surface area (Å²) in [6, 6.07) is 5.56. The second-order valence-electron chi connectivity index (χ2n) is 6.99. The minimum Gasteiger partial charge on any atom is -0.373 e. The molecule has 1 aliphatic rings. The largest absolute Gasteiger partial charge is 0.373 e. The maximum atomic E-state index is 13.0. The topological polar surface area (TPSA) is 119 Å². The predicted octanol–water partition coefficient (Wildman–Crippen LogP) is 2.28. The third kappa shape index (κ3) is 3.19. The van der Waals surface area contributed by atoms with Crippen LogP contribution in [-0.2, 0) is 0 Å². The summed E-state index contributed by atoms with van der Waals surface area (Å²) in [5.41, 5.74) is 6.32. The Morgan fingerprint density at radius 2 is 2.07 bits per heavy atom. The first-order valence-corrected chi connectivity index (χ1v) is 9.43. The molecule has 3 heterocycles. The Balaban J connectivity index is 1.73. The van der Waals surface area contributed by atoms with Crippen molar-refractivity contribution in [3.63, 3.8) is 0 Å². The van der Waals surface area contributed by atoms with E-state index in [0.717, 1.165) is 25.7 Å². The number of carbonyl (C=O) groups is 1. The molecule has 0 spiro atoms. The van der Waals surface area contributed by atoms with Gasteiger partial charge in [-0.1, -0.05) is 19.3 Å². The standard InChI is InChI=1S/C19H23N7O2/c1-21-16-10-15(24-18-13(17(20)27)11-22-26(16)18)23-14-8-5-9-25(19(14)28)12-6-3-2-4-7-12/h5,8-12,21H,2-4,6-7H2,1H3,(H2,20,27)(H,23,24). The lowest BCUT2D eigenvalue weighted by atomic mass is 9.95. The molecule has 1 amide bonds. The number of nitrogens with two attached hydrogens (primary N) is 1. The Bertz CT molecular complexity index is 1080. The molecule has 9 heteroatoms. The van der Waals surface area contributed by atoms with Gasteiger partial charge in [-0.2, -0.15) is 9.61 Å². The Hall–Kier alpha value is -3.36. The van der Waals surface area contributed by atoms with Crippen LogP contribution in [0.4, 0.5) is 17.3 Å². The second-order valence-corrected chi connectivity index (χ2v) is 6.99. The highest BCUT2D eigenvalue weighted by Gasteiger charge is 2.18. The van der Waals surface area contributed by atoms with Crippen LogP contribution in [0.3, 0.4) is 0 Å². The highest BCUT2D eigenvalue weighted by Crippen LogP contribution is 2.27. The van der Waals surface area contributed by atoms with Crippen molar-refractivity contribution in [1.29, 1.82) is 0 Å². The van der Waals surface area contributed by atoms with Gasteiger partial charge >= 0.3 is 0 Å². The number of carbonyl (C=O) groups excluding carboxylic acids is 1. The first kappa shape index (κ1) is 18.0. The zero-order valence-electron chi connectivity index (χ0n) is 15.7. The fourth-order valence-corrected chi connectivity index (χ4v) is 3.77. The normalized spacial score (nSPS) is 14.9. The van der Waals surface area contributed by atoms with Crippen LogP contribution in [0.5, 0.6) is 0 Å². The molecule has 1 saturated carbocycles. The van der Waals surface area contributed by atoms with E-state index in [0.29, 0.717) is 23.0 Å². The van der Waals surface area contributed by atoms with Crippen LogP contribution in [0, 0.1) is 0 Å². The molecule has 146 valence electrons. The van der Waals surface area contributed by atoms with Crippen LogP contribution in [0.25, 0.3) is 5.65 Å². The predicted molar refractivity (Wildman–Crippen MR) is 107 cm³/mol. The smallest absolute Gasteiger partial charge is 0.274 e.